The van der Waals surface area contributed by atoms with Gasteiger partial charge in [0.25, 0.3) is 0 Å². The Hall–Kier alpha value is -1.60. The molecule has 0 N–H and O–H groups in total. The summed E-state index contributed by atoms with van der Waals surface area (Å²) < 4.78 is 100. The molecule has 0 unspecified atom stereocenters. The minimum Gasteiger partial charge on any atom is -0.191 e. The summed E-state index contributed by atoms with van der Waals surface area (Å²) in [7, 11) is 0. The van der Waals surface area contributed by atoms with Crippen LogP contribution in [-0.2, 0) is 0 Å². The van der Waals surface area contributed by atoms with Crippen LogP contribution in [0.3, 0.4) is 0 Å². The lowest BCUT2D eigenvalue weighted by Gasteiger charge is -2.24. The van der Waals surface area contributed by atoms with Gasteiger partial charge >= 0.3 is 18.3 Å². The molecule has 1 rings (SSSR count). The predicted molar refractivity (Wildman–Crippen MR) is 51.5 cm³/mol. The fraction of sp³-hybridized carbons (Fsp3) is 0.273. The maximum atomic E-state index is 13.1. The van der Waals surface area contributed by atoms with E-state index in [1.807, 2.05) is 0 Å². The van der Waals surface area contributed by atoms with E-state index in [1.54, 1.807) is 0 Å². The highest BCUT2D eigenvalue weighted by Gasteiger charge is 2.61. The molecule has 0 aromatic heterocycles. The van der Waals surface area contributed by atoms with E-state index in [4.69, 9.17) is 0 Å². The molecule has 0 saturated carbocycles. The van der Waals surface area contributed by atoms with Gasteiger partial charge in [-0.05, 0) is 6.08 Å². The number of allylic oxidation sites excluding steroid dienone is 8. The molecule has 0 bridgehead atoms. The van der Waals surface area contributed by atoms with Crippen LogP contribution in [0, 0.1) is 0 Å². The fourth-order valence-electron chi connectivity index (χ4n) is 1.29. The molecule has 1 aliphatic carbocycles. The van der Waals surface area contributed by atoms with Crippen molar-refractivity contribution in [3.05, 3.63) is 47.6 Å². The standard InChI is InChI=1S/C11H6F8/c12-9(13,11(17,18)19)7-5-3-1-2-4-6-8(7)10(14,15)16/h1-6H. The molecule has 0 amide bonds. The average molecular weight is 290 g/mol. The molecule has 0 aromatic rings. The van der Waals surface area contributed by atoms with Crippen molar-refractivity contribution in [2.24, 2.45) is 0 Å². The largest absolute Gasteiger partial charge is 0.458 e. The zero-order valence-electron chi connectivity index (χ0n) is 8.99. The summed E-state index contributed by atoms with van der Waals surface area (Å²) in [5.41, 5.74) is -4.16. The summed E-state index contributed by atoms with van der Waals surface area (Å²) >= 11 is 0. The minimum absolute atomic E-state index is 0.107. The van der Waals surface area contributed by atoms with Crippen molar-refractivity contribution < 1.29 is 35.1 Å². The van der Waals surface area contributed by atoms with Crippen LogP contribution in [-0.4, -0.2) is 18.3 Å². The van der Waals surface area contributed by atoms with Gasteiger partial charge in [-0.25, -0.2) is 0 Å². The molecule has 0 fully saturated rings. The van der Waals surface area contributed by atoms with Gasteiger partial charge in [0, 0.05) is 5.57 Å². The number of alkyl halides is 8. The van der Waals surface area contributed by atoms with Crippen molar-refractivity contribution in [3.63, 3.8) is 0 Å². The minimum atomic E-state index is -6.11. The highest BCUT2D eigenvalue weighted by molar-refractivity contribution is 5.44. The normalized spacial score (nSPS) is 17.7. The second-order valence-corrected chi connectivity index (χ2v) is 3.50. The lowest BCUT2D eigenvalue weighted by Crippen LogP contribution is -2.39. The first-order valence-electron chi connectivity index (χ1n) is 4.76. The Labute approximate surface area is 102 Å². The maximum absolute atomic E-state index is 13.1. The molecule has 0 aromatic carbocycles. The quantitative estimate of drug-likeness (QED) is 0.613. The molecule has 1 aliphatic rings. The predicted octanol–water partition coefficient (Wildman–Crippen LogP) is 4.73. The van der Waals surface area contributed by atoms with Gasteiger partial charge in [0.1, 0.15) is 0 Å². The van der Waals surface area contributed by atoms with Gasteiger partial charge in [-0.1, -0.05) is 30.4 Å². The third-order valence-electron chi connectivity index (χ3n) is 2.15. The van der Waals surface area contributed by atoms with Crippen molar-refractivity contribution in [1.29, 1.82) is 0 Å². The Morgan fingerprint density at radius 1 is 0.579 bits per heavy atom. The van der Waals surface area contributed by atoms with Crippen LogP contribution < -0.4 is 0 Å². The summed E-state index contributed by atoms with van der Waals surface area (Å²) in [5.74, 6) is -5.59. The highest BCUT2D eigenvalue weighted by atomic mass is 19.4. The van der Waals surface area contributed by atoms with Crippen LogP contribution in [0.2, 0.25) is 0 Å². The van der Waals surface area contributed by atoms with Gasteiger partial charge in [-0.3, -0.25) is 0 Å². The van der Waals surface area contributed by atoms with Crippen LogP contribution in [0.5, 0.6) is 0 Å². The molecule has 0 heterocycles. The van der Waals surface area contributed by atoms with Gasteiger partial charge in [0.2, 0.25) is 0 Å². The van der Waals surface area contributed by atoms with Crippen molar-refractivity contribution in [1.82, 2.24) is 0 Å². The van der Waals surface area contributed by atoms with E-state index in [0.29, 0.717) is 6.08 Å². The van der Waals surface area contributed by atoms with Crippen molar-refractivity contribution in [2.45, 2.75) is 18.3 Å². The van der Waals surface area contributed by atoms with E-state index in [9.17, 15) is 35.1 Å². The molecular weight excluding hydrogens is 284 g/mol. The van der Waals surface area contributed by atoms with Crippen LogP contribution in [0.25, 0.3) is 0 Å². The second-order valence-electron chi connectivity index (χ2n) is 3.50. The average Bonchev–Trinajstić information content (AvgIpc) is 2.11. The molecule has 106 valence electrons. The van der Waals surface area contributed by atoms with Gasteiger partial charge in [-0.15, -0.1) is 0 Å². The van der Waals surface area contributed by atoms with Crippen molar-refractivity contribution in [3.8, 4) is 0 Å². The topological polar surface area (TPSA) is 0 Å². The maximum Gasteiger partial charge on any atom is 0.458 e. The first-order valence-corrected chi connectivity index (χ1v) is 4.76. The summed E-state index contributed by atoms with van der Waals surface area (Å²) in [4.78, 5) is 0. The van der Waals surface area contributed by atoms with Crippen LogP contribution in [0.15, 0.2) is 47.6 Å². The third kappa shape index (κ3) is 3.24. The lowest BCUT2D eigenvalue weighted by atomic mass is 9.98. The monoisotopic (exact) mass is 290 g/mol. The molecule has 0 saturated heterocycles. The van der Waals surface area contributed by atoms with E-state index >= 15 is 0 Å². The first-order chi connectivity index (χ1) is 8.48. The van der Waals surface area contributed by atoms with E-state index in [2.05, 4.69) is 0 Å². The molecule has 0 aliphatic heterocycles. The summed E-state index contributed by atoms with van der Waals surface area (Å²) in [6, 6.07) is 0. The van der Waals surface area contributed by atoms with Crippen LogP contribution >= 0.6 is 0 Å². The first kappa shape index (κ1) is 15.5. The van der Waals surface area contributed by atoms with Crippen LogP contribution in [0.1, 0.15) is 0 Å². The molecular formula is C11H6F8. The zero-order chi connectivity index (χ0) is 14.9. The fourth-order valence-corrected chi connectivity index (χ4v) is 1.29. The SMILES string of the molecule is FC(F)(F)C1=C(C(F)(F)C(F)(F)F)C=CC=CC=C1. The summed E-state index contributed by atoms with van der Waals surface area (Å²) in [6.45, 7) is 0. The van der Waals surface area contributed by atoms with Gasteiger partial charge in [0.05, 0.1) is 5.57 Å². The smallest absolute Gasteiger partial charge is 0.191 e. The van der Waals surface area contributed by atoms with Gasteiger partial charge < -0.3 is 0 Å². The molecule has 8 heteroatoms. The van der Waals surface area contributed by atoms with E-state index in [0.717, 1.165) is 18.2 Å². The Bertz CT molecular complexity index is 456. The molecule has 0 spiro atoms. The molecule has 0 nitrogen and oxygen atoms in total. The third-order valence-corrected chi connectivity index (χ3v) is 2.15. The Balaban J connectivity index is 3.54. The molecule has 0 radical (unpaired) electrons. The lowest BCUT2D eigenvalue weighted by molar-refractivity contribution is -0.263. The van der Waals surface area contributed by atoms with Crippen molar-refractivity contribution in [2.75, 3.05) is 0 Å². The zero-order valence-corrected chi connectivity index (χ0v) is 8.99. The van der Waals surface area contributed by atoms with Gasteiger partial charge in [-0.2, -0.15) is 35.1 Å². The number of halogens is 8. The summed E-state index contributed by atoms with van der Waals surface area (Å²) in [6.07, 6.45) is -7.62. The number of hydrogen-bond donors (Lipinski definition) is 0. The molecule has 19 heavy (non-hydrogen) atoms. The Kier molecular flexibility index (Phi) is 3.92. The van der Waals surface area contributed by atoms with E-state index < -0.39 is 29.4 Å². The van der Waals surface area contributed by atoms with Gasteiger partial charge in [0.15, 0.2) is 0 Å². The second kappa shape index (κ2) is 4.82. The summed E-state index contributed by atoms with van der Waals surface area (Å²) in [5, 5.41) is 0. The highest BCUT2D eigenvalue weighted by Crippen LogP contribution is 2.45. The van der Waals surface area contributed by atoms with E-state index in [-0.39, 0.29) is 12.2 Å². The van der Waals surface area contributed by atoms with Crippen LogP contribution in [0.4, 0.5) is 35.1 Å². The van der Waals surface area contributed by atoms with Crippen molar-refractivity contribution >= 4 is 0 Å². The Morgan fingerprint density at radius 2 is 1.00 bits per heavy atom. The molecule has 0 atom stereocenters. The number of hydrogen-bond acceptors (Lipinski definition) is 0. The van der Waals surface area contributed by atoms with E-state index in [1.165, 1.54) is 0 Å². The number of rotatable bonds is 1. The Morgan fingerprint density at radius 3 is 1.37 bits per heavy atom.